The number of fused-ring (bicyclic) bond motifs is 1. The van der Waals surface area contributed by atoms with Gasteiger partial charge in [0.05, 0.1) is 25.0 Å². The summed E-state index contributed by atoms with van der Waals surface area (Å²) in [7, 11) is 0. The molecule has 4 rings (SSSR count). The molecule has 3 aromatic rings. The highest BCUT2D eigenvalue weighted by Gasteiger charge is 2.27. The second-order valence-electron chi connectivity index (χ2n) is 5.62. The Labute approximate surface area is 137 Å². The van der Waals surface area contributed by atoms with Gasteiger partial charge in [0.1, 0.15) is 0 Å². The van der Waals surface area contributed by atoms with Gasteiger partial charge >= 0.3 is 0 Å². The molecular weight excluding hydrogens is 306 g/mol. The monoisotopic (exact) mass is 321 g/mol. The van der Waals surface area contributed by atoms with E-state index < -0.39 is 0 Å². The molecule has 1 aliphatic heterocycles. The number of nitrogen functional groups attached to an aromatic ring is 1. The van der Waals surface area contributed by atoms with Gasteiger partial charge < -0.3 is 10.6 Å². The van der Waals surface area contributed by atoms with Crippen LogP contribution >= 0.6 is 0 Å². The zero-order valence-corrected chi connectivity index (χ0v) is 12.8. The van der Waals surface area contributed by atoms with Gasteiger partial charge in [0.25, 0.3) is 5.91 Å². The Morgan fingerprint density at radius 1 is 1.25 bits per heavy atom. The van der Waals surface area contributed by atoms with Crippen molar-refractivity contribution in [2.75, 3.05) is 5.73 Å². The number of hydrogen-bond acceptors (Lipinski definition) is 6. The van der Waals surface area contributed by atoms with Crippen LogP contribution in [0.2, 0.25) is 0 Å². The summed E-state index contributed by atoms with van der Waals surface area (Å²) >= 11 is 0. The van der Waals surface area contributed by atoms with Crippen LogP contribution < -0.4 is 5.73 Å². The molecule has 1 amide bonds. The largest absolute Gasteiger partial charge is 0.368 e. The Morgan fingerprint density at radius 3 is 2.96 bits per heavy atom. The Kier molecular flexibility index (Phi) is 3.42. The maximum absolute atomic E-state index is 13.0. The van der Waals surface area contributed by atoms with Gasteiger partial charge in [-0.2, -0.15) is 0 Å². The van der Waals surface area contributed by atoms with Crippen LogP contribution in [0.4, 0.5) is 5.95 Å². The van der Waals surface area contributed by atoms with Crippen LogP contribution in [-0.2, 0) is 19.6 Å². The van der Waals surface area contributed by atoms with E-state index in [-0.39, 0.29) is 11.9 Å². The SMILES string of the molecule is Nc1ncc2c(n1)CN(C(=O)c1ccccc1Cn1ccnn1)C2. The first-order valence-corrected chi connectivity index (χ1v) is 7.52. The number of carbonyl (C=O) groups is 1. The summed E-state index contributed by atoms with van der Waals surface area (Å²) in [6.07, 6.45) is 5.07. The maximum Gasteiger partial charge on any atom is 0.254 e. The van der Waals surface area contributed by atoms with Crippen LogP contribution in [-0.4, -0.2) is 35.8 Å². The molecule has 0 radical (unpaired) electrons. The Hall–Kier alpha value is -3.29. The average molecular weight is 321 g/mol. The molecule has 0 aliphatic carbocycles. The van der Waals surface area contributed by atoms with E-state index in [1.807, 2.05) is 24.3 Å². The summed E-state index contributed by atoms with van der Waals surface area (Å²) in [4.78, 5) is 22.9. The van der Waals surface area contributed by atoms with Crippen molar-refractivity contribution in [1.82, 2.24) is 29.9 Å². The molecule has 24 heavy (non-hydrogen) atoms. The van der Waals surface area contributed by atoms with Gasteiger partial charge in [0, 0.05) is 30.1 Å². The number of benzene rings is 1. The zero-order valence-electron chi connectivity index (χ0n) is 12.8. The Bertz CT molecular complexity index is 891. The Morgan fingerprint density at radius 2 is 2.12 bits per heavy atom. The van der Waals surface area contributed by atoms with Gasteiger partial charge in [-0.15, -0.1) is 5.10 Å². The van der Waals surface area contributed by atoms with E-state index in [4.69, 9.17) is 5.73 Å². The lowest BCUT2D eigenvalue weighted by Gasteiger charge is -2.17. The molecule has 8 heteroatoms. The van der Waals surface area contributed by atoms with Crippen LogP contribution in [0.15, 0.2) is 42.9 Å². The predicted octanol–water partition coefficient (Wildman–Crippen LogP) is 0.855. The van der Waals surface area contributed by atoms with Gasteiger partial charge in [-0.05, 0) is 11.6 Å². The molecule has 1 aliphatic rings. The smallest absolute Gasteiger partial charge is 0.254 e. The second kappa shape index (κ2) is 5.73. The number of nitrogens with zero attached hydrogens (tertiary/aromatic N) is 6. The molecule has 3 heterocycles. The van der Waals surface area contributed by atoms with Gasteiger partial charge in [0.2, 0.25) is 5.95 Å². The van der Waals surface area contributed by atoms with E-state index in [1.165, 1.54) is 0 Å². The summed E-state index contributed by atoms with van der Waals surface area (Å²) in [5.41, 5.74) is 8.92. The summed E-state index contributed by atoms with van der Waals surface area (Å²) in [6, 6.07) is 7.53. The molecule has 0 unspecified atom stereocenters. The number of carbonyl (C=O) groups excluding carboxylic acids is 1. The fraction of sp³-hybridized carbons (Fsp3) is 0.188. The highest BCUT2D eigenvalue weighted by molar-refractivity contribution is 5.96. The van der Waals surface area contributed by atoms with Crippen molar-refractivity contribution in [2.45, 2.75) is 19.6 Å². The maximum atomic E-state index is 13.0. The first-order valence-electron chi connectivity index (χ1n) is 7.52. The van der Waals surface area contributed by atoms with Crippen molar-refractivity contribution >= 4 is 11.9 Å². The first-order chi connectivity index (χ1) is 11.7. The molecular formula is C16H15N7O. The number of hydrogen-bond donors (Lipinski definition) is 1. The van der Waals surface area contributed by atoms with Crippen molar-refractivity contribution in [3.63, 3.8) is 0 Å². The number of rotatable bonds is 3. The molecule has 0 bridgehead atoms. The first kappa shape index (κ1) is 14.3. The molecule has 0 saturated heterocycles. The van der Waals surface area contributed by atoms with E-state index in [2.05, 4.69) is 20.3 Å². The lowest BCUT2D eigenvalue weighted by Crippen LogP contribution is -2.26. The molecule has 1 aromatic carbocycles. The van der Waals surface area contributed by atoms with Crippen molar-refractivity contribution in [1.29, 1.82) is 0 Å². The summed E-state index contributed by atoms with van der Waals surface area (Å²) in [6.45, 7) is 1.43. The lowest BCUT2D eigenvalue weighted by atomic mass is 10.1. The summed E-state index contributed by atoms with van der Waals surface area (Å²) < 4.78 is 1.69. The highest BCUT2D eigenvalue weighted by Crippen LogP contribution is 2.24. The van der Waals surface area contributed by atoms with E-state index in [0.717, 1.165) is 16.8 Å². The third-order valence-electron chi connectivity index (χ3n) is 4.01. The standard InChI is InChI=1S/C16H15N7O/c17-16-18-7-12-8-22(10-14(12)20-16)15(24)13-4-2-1-3-11(13)9-23-6-5-19-21-23/h1-7H,8-10H2,(H2,17,18,20). The average Bonchev–Trinajstić information content (AvgIpc) is 3.23. The van der Waals surface area contributed by atoms with Crippen LogP contribution in [0.25, 0.3) is 0 Å². The van der Waals surface area contributed by atoms with Crippen molar-refractivity contribution < 1.29 is 4.79 Å². The van der Waals surface area contributed by atoms with E-state index in [9.17, 15) is 4.79 Å². The van der Waals surface area contributed by atoms with Gasteiger partial charge in [-0.25, -0.2) is 14.6 Å². The fourth-order valence-corrected chi connectivity index (χ4v) is 2.84. The van der Waals surface area contributed by atoms with Gasteiger partial charge in [-0.1, -0.05) is 23.4 Å². The minimum Gasteiger partial charge on any atom is -0.368 e. The van der Waals surface area contributed by atoms with Crippen LogP contribution in [0.5, 0.6) is 0 Å². The fourth-order valence-electron chi connectivity index (χ4n) is 2.84. The molecule has 0 atom stereocenters. The van der Waals surface area contributed by atoms with Crippen LogP contribution in [0.1, 0.15) is 27.2 Å². The zero-order chi connectivity index (χ0) is 16.5. The molecule has 0 spiro atoms. The van der Waals surface area contributed by atoms with Gasteiger partial charge in [0.15, 0.2) is 0 Å². The number of aromatic nitrogens is 5. The van der Waals surface area contributed by atoms with Crippen molar-refractivity contribution in [3.05, 3.63) is 65.2 Å². The van der Waals surface area contributed by atoms with Crippen molar-refractivity contribution in [3.8, 4) is 0 Å². The van der Waals surface area contributed by atoms with Crippen molar-refractivity contribution in [2.24, 2.45) is 0 Å². The quantitative estimate of drug-likeness (QED) is 0.767. The summed E-state index contributed by atoms with van der Waals surface area (Å²) in [5, 5.41) is 7.76. The normalized spacial score (nSPS) is 13.1. The predicted molar refractivity (Wildman–Crippen MR) is 85.6 cm³/mol. The molecule has 0 saturated carbocycles. The molecule has 2 N–H and O–H groups in total. The number of nitrogens with two attached hydrogens (primary N) is 1. The number of amides is 1. The molecule has 0 fully saturated rings. The minimum atomic E-state index is -0.0395. The number of anilines is 1. The van der Waals surface area contributed by atoms with E-state index >= 15 is 0 Å². The molecule has 2 aromatic heterocycles. The van der Waals surface area contributed by atoms with Crippen LogP contribution in [0.3, 0.4) is 0 Å². The highest BCUT2D eigenvalue weighted by atomic mass is 16.2. The van der Waals surface area contributed by atoms with E-state index in [0.29, 0.717) is 25.2 Å². The van der Waals surface area contributed by atoms with Crippen LogP contribution in [0, 0.1) is 0 Å². The Balaban J connectivity index is 1.60. The van der Waals surface area contributed by atoms with Gasteiger partial charge in [-0.3, -0.25) is 4.79 Å². The van der Waals surface area contributed by atoms with E-state index in [1.54, 1.807) is 28.2 Å². The minimum absolute atomic E-state index is 0.0395. The lowest BCUT2D eigenvalue weighted by molar-refractivity contribution is 0.0749. The summed E-state index contributed by atoms with van der Waals surface area (Å²) in [5.74, 6) is 0.192. The molecule has 8 nitrogen and oxygen atoms in total. The third kappa shape index (κ3) is 2.58. The third-order valence-corrected chi connectivity index (χ3v) is 4.01. The topological polar surface area (TPSA) is 103 Å². The molecule has 120 valence electrons. The second-order valence-corrected chi connectivity index (χ2v) is 5.62.